The van der Waals surface area contributed by atoms with Gasteiger partial charge in [0.15, 0.2) is 0 Å². The minimum atomic E-state index is 0.759. The predicted octanol–water partition coefficient (Wildman–Crippen LogP) is 4.77. The van der Waals surface area contributed by atoms with E-state index in [1.165, 1.54) is 17.0 Å². The van der Waals surface area contributed by atoms with Gasteiger partial charge < -0.3 is 4.57 Å². The van der Waals surface area contributed by atoms with Crippen molar-refractivity contribution in [2.24, 2.45) is 0 Å². The van der Waals surface area contributed by atoms with Crippen LogP contribution in [-0.2, 0) is 12.8 Å². The summed E-state index contributed by atoms with van der Waals surface area (Å²) in [5.41, 5.74) is 7.50. The van der Waals surface area contributed by atoms with E-state index >= 15 is 0 Å². The fraction of sp³-hybridized carbons (Fsp3) is 0.192. The van der Waals surface area contributed by atoms with Crippen LogP contribution in [0.2, 0.25) is 0 Å². The number of aryl methyl sites for hydroxylation is 5. The first-order chi connectivity index (χ1) is 14.6. The van der Waals surface area contributed by atoms with Gasteiger partial charge in [0.05, 0.1) is 0 Å². The van der Waals surface area contributed by atoms with Gasteiger partial charge in [-0.25, -0.2) is 9.97 Å². The Labute approximate surface area is 177 Å². The van der Waals surface area contributed by atoms with Crippen LogP contribution in [0.1, 0.15) is 39.5 Å². The minimum Gasteiger partial charge on any atom is -0.303 e. The Hall–Kier alpha value is -3.71. The third kappa shape index (κ3) is 4.64. The van der Waals surface area contributed by atoms with Gasteiger partial charge in [-0.2, -0.15) is 0 Å². The third-order valence-corrected chi connectivity index (χ3v) is 4.97. The molecule has 148 valence electrons. The van der Waals surface area contributed by atoms with Gasteiger partial charge in [0.25, 0.3) is 0 Å². The summed E-state index contributed by atoms with van der Waals surface area (Å²) in [6.07, 6.45) is 7.17. The Bertz CT molecular complexity index is 1210. The lowest BCUT2D eigenvalue weighted by atomic mass is 10.1. The van der Waals surface area contributed by atoms with Gasteiger partial charge in [-0.15, -0.1) is 0 Å². The molecule has 4 heterocycles. The quantitative estimate of drug-likeness (QED) is 0.470. The number of aromatic nitrogens is 4. The summed E-state index contributed by atoms with van der Waals surface area (Å²) >= 11 is 0. The largest absolute Gasteiger partial charge is 0.303 e. The highest BCUT2D eigenvalue weighted by molar-refractivity contribution is 5.40. The van der Waals surface area contributed by atoms with Crippen LogP contribution < -0.4 is 0 Å². The van der Waals surface area contributed by atoms with Gasteiger partial charge in [-0.05, 0) is 93.1 Å². The number of hydrogen-bond donors (Lipinski definition) is 0. The molecule has 0 bridgehead atoms. The molecule has 0 saturated carbocycles. The van der Waals surface area contributed by atoms with E-state index in [9.17, 15) is 0 Å². The van der Waals surface area contributed by atoms with E-state index in [-0.39, 0.29) is 0 Å². The van der Waals surface area contributed by atoms with E-state index in [0.29, 0.717) is 0 Å². The molecule has 0 aromatic carbocycles. The Morgan fingerprint density at radius 1 is 0.867 bits per heavy atom. The fourth-order valence-corrected chi connectivity index (χ4v) is 3.53. The topological polar surface area (TPSA) is 43.6 Å². The molecule has 0 atom stereocenters. The van der Waals surface area contributed by atoms with Gasteiger partial charge in [0.2, 0.25) is 0 Å². The summed E-state index contributed by atoms with van der Waals surface area (Å²) in [6.45, 7) is 6.35. The van der Waals surface area contributed by atoms with Crippen LogP contribution in [0.25, 0.3) is 5.82 Å². The summed E-state index contributed by atoms with van der Waals surface area (Å²) in [5.74, 6) is 7.23. The van der Waals surface area contributed by atoms with Gasteiger partial charge in [0.1, 0.15) is 11.5 Å². The molecule has 30 heavy (non-hydrogen) atoms. The standard InChI is InChI=1S/C26H24N4/c1-19-14-25(29-26(15-19)30-20(2)7-8-21(30)3)12-10-23-16-22(17-27-18-23)9-11-24-6-4-5-13-28-24/h4-8,13-18H,10,12H2,1-3H3. The molecule has 0 aliphatic carbocycles. The fourth-order valence-electron chi connectivity index (χ4n) is 3.53. The summed E-state index contributed by atoms with van der Waals surface area (Å²) in [5, 5.41) is 0. The lowest BCUT2D eigenvalue weighted by Gasteiger charge is -2.12. The van der Waals surface area contributed by atoms with Gasteiger partial charge >= 0.3 is 0 Å². The molecule has 0 N–H and O–H groups in total. The Morgan fingerprint density at radius 3 is 2.47 bits per heavy atom. The van der Waals surface area contributed by atoms with Crippen LogP contribution in [0.4, 0.5) is 0 Å². The molecular formula is C26H24N4. The lowest BCUT2D eigenvalue weighted by molar-refractivity contribution is 0.859. The average molecular weight is 393 g/mol. The second kappa shape index (κ2) is 8.75. The zero-order valence-corrected chi connectivity index (χ0v) is 17.6. The van der Waals surface area contributed by atoms with Crippen molar-refractivity contribution in [3.05, 3.63) is 107 Å². The van der Waals surface area contributed by atoms with Crippen LogP contribution >= 0.6 is 0 Å². The van der Waals surface area contributed by atoms with Crippen LogP contribution in [0, 0.1) is 32.6 Å². The smallest absolute Gasteiger partial charge is 0.137 e. The Morgan fingerprint density at radius 2 is 1.70 bits per heavy atom. The van der Waals surface area contributed by atoms with Crippen molar-refractivity contribution in [1.82, 2.24) is 19.5 Å². The summed E-state index contributed by atoms with van der Waals surface area (Å²) < 4.78 is 2.20. The van der Waals surface area contributed by atoms with Crippen molar-refractivity contribution in [2.45, 2.75) is 33.6 Å². The van der Waals surface area contributed by atoms with Crippen LogP contribution in [-0.4, -0.2) is 19.5 Å². The molecule has 0 radical (unpaired) electrons. The molecule has 0 aliphatic heterocycles. The molecular weight excluding hydrogens is 368 g/mol. The van der Waals surface area contributed by atoms with Crippen molar-refractivity contribution < 1.29 is 0 Å². The third-order valence-electron chi connectivity index (χ3n) is 4.97. The van der Waals surface area contributed by atoms with Crippen molar-refractivity contribution in [2.75, 3.05) is 0 Å². The molecule has 0 amide bonds. The molecule has 4 aromatic heterocycles. The van der Waals surface area contributed by atoms with E-state index in [1.54, 1.807) is 12.4 Å². The summed E-state index contributed by atoms with van der Waals surface area (Å²) in [4.78, 5) is 13.5. The van der Waals surface area contributed by atoms with Crippen LogP contribution in [0.5, 0.6) is 0 Å². The molecule has 4 heteroatoms. The van der Waals surface area contributed by atoms with E-state index in [0.717, 1.165) is 41.2 Å². The van der Waals surface area contributed by atoms with Gasteiger partial charge in [-0.1, -0.05) is 12.0 Å². The number of rotatable bonds is 4. The molecule has 0 unspecified atom stereocenters. The highest BCUT2D eigenvalue weighted by Crippen LogP contribution is 2.17. The normalized spacial score (nSPS) is 10.5. The van der Waals surface area contributed by atoms with Gasteiger partial charge in [-0.3, -0.25) is 4.98 Å². The first-order valence-electron chi connectivity index (χ1n) is 10.1. The molecule has 4 aromatic rings. The highest BCUT2D eigenvalue weighted by atomic mass is 15.1. The maximum absolute atomic E-state index is 4.92. The minimum absolute atomic E-state index is 0.759. The predicted molar refractivity (Wildman–Crippen MR) is 120 cm³/mol. The molecule has 0 saturated heterocycles. The van der Waals surface area contributed by atoms with Crippen molar-refractivity contribution in [3.8, 4) is 17.7 Å². The van der Waals surface area contributed by atoms with Crippen molar-refractivity contribution in [3.63, 3.8) is 0 Å². The second-order valence-electron chi connectivity index (χ2n) is 7.49. The first kappa shape index (κ1) is 19.6. The average Bonchev–Trinajstić information content (AvgIpc) is 3.09. The zero-order valence-electron chi connectivity index (χ0n) is 17.6. The lowest BCUT2D eigenvalue weighted by Crippen LogP contribution is -2.05. The molecule has 4 rings (SSSR count). The van der Waals surface area contributed by atoms with Gasteiger partial charge in [0, 0.05) is 41.2 Å². The van der Waals surface area contributed by atoms with E-state index in [4.69, 9.17) is 4.98 Å². The monoisotopic (exact) mass is 392 g/mol. The van der Waals surface area contributed by atoms with E-state index < -0.39 is 0 Å². The highest BCUT2D eigenvalue weighted by Gasteiger charge is 2.08. The first-order valence-corrected chi connectivity index (χ1v) is 10.1. The van der Waals surface area contributed by atoms with E-state index in [1.807, 2.05) is 24.4 Å². The number of pyridine rings is 3. The maximum atomic E-state index is 4.92. The number of hydrogen-bond acceptors (Lipinski definition) is 3. The summed E-state index contributed by atoms with van der Waals surface area (Å²) in [7, 11) is 0. The van der Waals surface area contributed by atoms with Crippen LogP contribution in [0.15, 0.2) is 67.1 Å². The number of nitrogens with zero attached hydrogens (tertiary/aromatic N) is 4. The second-order valence-corrected chi connectivity index (χ2v) is 7.49. The molecule has 0 spiro atoms. The Kier molecular flexibility index (Phi) is 5.72. The molecule has 4 nitrogen and oxygen atoms in total. The molecule has 0 fully saturated rings. The zero-order chi connectivity index (χ0) is 20.9. The van der Waals surface area contributed by atoms with E-state index in [2.05, 4.69) is 77.5 Å². The maximum Gasteiger partial charge on any atom is 0.137 e. The Balaban J connectivity index is 1.51. The van der Waals surface area contributed by atoms with Crippen LogP contribution in [0.3, 0.4) is 0 Å². The van der Waals surface area contributed by atoms with Crippen molar-refractivity contribution >= 4 is 0 Å². The summed E-state index contributed by atoms with van der Waals surface area (Å²) in [6, 6.07) is 16.4. The molecule has 0 aliphatic rings. The SMILES string of the molecule is Cc1cc(CCc2cncc(C#Cc3ccccn3)c2)nc(-n2c(C)ccc2C)c1. The van der Waals surface area contributed by atoms with Crippen molar-refractivity contribution in [1.29, 1.82) is 0 Å².